The molecule has 0 saturated carbocycles. The van der Waals surface area contributed by atoms with Crippen LogP contribution in [0, 0.1) is 23.7 Å². The van der Waals surface area contributed by atoms with Crippen LogP contribution in [0.25, 0.3) is 0 Å². The van der Waals surface area contributed by atoms with Gasteiger partial charge in [-0.05, 0) is 69.1 Å². The first-order valence-electron chi connectivity index (χ1n) is 13.9. The number of ether oxygens (including phenoxy) is 5. The zero-order valence-corrected chi connectivity index (χ0v) is 25.1. The van der Waals surface area contributed by atoms with E-state index in [1.54, 1.807) is 47.1 Å². The van der Waals surface area contributed by atoms with E-state index in [4.69, 9.17) is 23.7 Å². The SMILES string of the molecule is COCCCOc1cc(C(O)[C@@H](C[C@H](NC(=O)OC(C)(C)C)[C@@H]2C[C@@H](C(C)C)C(=O)O2)C(C)C)ccc1OC. The second-order valence-corrected chi connectivity index (χ2v) is 12.0. The Morgan fingerprint density at radius 1 is 1.13 bits per heavy atom. The maximum absolute atomic E-state index is 12.8. The van der Waals surface area contributed by atoms with E-state index < -0.39 is 29.9 Å². The molecule has 1 amide bonds. The number of aliphatic hydroxyl groups is 1. The number of aliphatic hydroxyl groups excluding tert-OH is 1. The standard InChI is InChI=1S/C30H49NO8/c1-18(2)21(27(32)20-11-12-24(36-9)26(15-20)37-14-10-13-35-8)16-23(31-29(34)39-30(5,6)7)25-17-22(19(3)4)28(33)38-25/h11-12,15,18-19,21-23,25,27,32H,10,13-14,16-17H2,1-9H3,(H,31,34)/t21-,22-,23-,25-,27?/m0/s1. The Balaban J connectivity index is 2.31. The summed E-state index contributed by atoms with van der Waals surface area (Å²) in [5.74, 6) is 0.535. The van der Waals surface area contributed by atoms with Gasteiger partial charge in [0.25, 0.3) is 0 Å². The summed E-state index contributed by atoms with van der Waals surface area (Å²) < 4.78 is 27.8. The number of carbonyl (C=O) groups is 2. The van der Waals surface area contributed by atoms with Gasteiger partial charge in [-0.1, -0.05) is 33.8 Å². The molecule has 2 rings (SSSR count). The van der Waals surface area contributed by atoms with Crippen LogP contribution in [0.5, 0.6) is 11.5 Å². The Bertz CT molecular complexity index is 926. The van der Waals surface area contributed by atoms with E-state index in [1.165, 1.54) is 0 Å². The second-order valence-electron chi connectivity index (χ2n) is 12.0. The molecule has 1 aliphatic heterocycles. The van der Waals surface area contributed by atoms with Crippen molar-refractivity contribution >= 4 is 12.1 Å². The van der Waals surface area contributed by atoms with Crippen molar-refractivity contribution in [2.75, 3.05) is 27.4 Å². The molecular formula is C30H49NO8. The summed E-state index contributed by atoms with van der Waals surface area (Å²) in [5.41, 5.74) is -0.00279. The average Bonchev–Trinajstić information content (AvgIpc) is 3.24. The van der Waals surface area contributed by atoms with Crippen molar-refractivity contribution in [2.24, 2.45) is 23.7 Å². The van der Waals surface area contributed by atoms with E-state index in [0.29, 0.717) is 43.1 Å². The van der Waals surface area contributed by atoms with Crippen LogP contribution in [0.4, 0.5) is 4.79 Å². The molecular weight excluding hydrogens is 502 g/mol. The summed E-state index contributed by atoms with van der Waals surface area (Å²) in [4.78, 5) is 25.4. The smallest absolute Gasteiger partial charge is 0.408 e. The third kappa shape index (κ3) is 9.87. The van der Waals surface area contributed by atoms with E-state index in [0.717, 1.165) is 6.42 Å². The van der Waals surface area contributed by atoms with Gasteiger partial charge < -0.3 is 34.1 Å². The lowest BCUT2D eigenvalue weighted by molar-refractivity contribution is -0.146. The molecule has 1 aliphatic rings. The van der Waals surface area contributed by atoms with Crippen molar-refractivity contribution in [2.45, 2.75) is 91.6 Å². The number of hydrogen-bond acceptors (Lipinski definition) is 8. The fourth-order valence-corrected chi connectivity index (χ4v) is 4.87. The lowest BCUT2D eigenvalue weighted by atomic mass is 9.80. The Kier molecular flexibility index (Phi) is 12.4. The van der Waals surface area contributed by atoms with E-state index in [2.05, 4.69) is 5.32 Å². The van der Waals surface area contributed by atoms with Gasteiger partial charge in [-0.15, -0.1) is 0 Å². The van der Waals surface area contributed by atoms with E-state index >= 15 is 0 Å². The molecule has 0 spiro atoms. The molecule has 5 atom stereocenters. The monoisotopic (exact) mass is 551 g/mol. The number of amides is 1. The Morgan fingerprint density at radius 3 is 2.36 bits per heavy atom. The molecule has 1 aromatic carbocycles. The number of hydrogen-bond donors (Lipinski definition) is 2. The first-order valence-corrected chi connectivity index (χ1v) is 13.9. The zero-order valence-electron chi connectivity index (χ0n) is 25.1. The van der Waals surface area contributed by atoms with Crippen LogP contribution < -0.4 is 14.8 Å². The summed E-state index contributed by atoms with van der Waals surface area (Å²) in [7, 11) is 3.22. The predicted molar refractivity (Wildman–Crippen MR) is 149 cm³/mol. The predicted octanol–water partition coefficient (Wildman–Crippen LogP) is 5.29. The Morgan fingerprint density at radius 2 is 1.82 bits per heavy atom. The number of benzene rings is 1. The van der Waals surface area contributed by atoms with Crippen molar-refractivity contribution < 1.29 is 38.4 Å². The number of alkyl carbamates (subject to hydrolysis) is 1. The normalized spacial score (nSPS) is 19.9. The quantitative estimate of drug-likeness (QED) is 0.237. The van der Waals surface area contributed by atoms with Gasteiger partial charge in [0.2, 0.25) is 0 Å². The summed E-state index contributed by atoms with van der Waals surface area (Å²) >= 11 is 0. The maximum atomic E-state index is 12.8. The van der Waals surface area contributed by atoms with Gasteiger partial charge >= 0.3 is 12.1 Å². The van der Waals surface area contributed by atoms with Crippen molar-refractivity contribution in [1.29, 1.82) is 0 Å². The number of rotatable bonds is 14. The zero-order chi connectivity index (χ0) is 29.3. The minimum atomic E-state index is -0.863. The third-order valence-corrected chi connectivity index (χ3v) is 7.08. The molecule has 39 heavy (non-hydrogen) atoms. The molecule has 0 aliphatic carbocycles. The third-order valence-electron chi connectivity index (χ3n) is 7.08. The number of carbonyl (C=O) groups excluding carboxylic acids is 2. The topological polar surface area (TPSA) is 113 Å². The van der Waals surface area contributed by atoms with Crippen LogP contribution in [0.1, 0.15) is 79.4 Å². The molecule has 0 radical (unpaired) electrons. The maximum Gasteiger partial charge on any atom is 0.408 e. The first-order chi connectivity index (χ1) is 18.3. The molecule has 1 aromatic rings. The van der Waals surface area contributed by atoms with Crippen molar-refractivity contribution in [3.8, 4) is 11.5 Å². The van der Waals surface area contributed by atoms with Crippen LogP contribution >= 0.6 is 0 Å². The Hall–Kier alpha value is -2.52. The van der Waals surface area contributed by atoms with Gasteiger partial charge in [-0.3, -0.25) is 4.79 Å². The number of methoxy groups -OCH3 is 2. The lowest BCUT2D eigenvalue weighted by Crippen LogP contribution is -2.47. The number of cyclic esters (lactones) is 1. The molecule has 2 N–H and O–H groups in total. The van der Waals surface area contributed by atoms with Crippen LogP contribution in [-0.2, 0) is 19.0 Å². The molecule has 1 fully saturated rings. The van der Waals surface area contributed by atoms with Crippen LogP contribution in [0.3, 0.4) is 0 Å². The molecule has 1 heterocycles. The van der Waals surface area contributed by atoms with Crippen LogP contribution in [-0.4, -0.2) is 62.3 Å². The molecule has 1 saturated heterocycles. The number of nitrogens with one attached hydrogen (secondary N) is 1. The highest BCUT2D eigenvalue weighted by molar-refractivity contribution is 5.75. The average molecular weight is 552 g/mol. The summed E-state index contributed by atoms with van der Waals surface area (Å²) in [5, 5.41) is 14.5. The van der Waals surface area contributed by atoms with Crippen molar-refractivity contribution in [1.82, 2.24) is 5.32 Å². The van der Waals surface area contributed by atoms with Gasteiger partial charge in [-0.25, -0.2) is 4.79 Å². The highest BCUT2D eigenvalue weighted by Gasteiger charge is 2.43. The molecule has 0 aromatic heterocycles. The summed E-state index contributed by atoms with van der Waals surface area (Å²) in [6, 6.07) is 4.87. The van der Waals surface area contributed by atoms with Crippen LogP contribution in [0.2, 0.25) is 0 Å². The van der Waals surface area contributed by atoms with Gasteiger partial charge in [-0.2, -0.15) is 0 Å². The summed E-state index contributed by atoms with van der Waals surface area (Å²) in [6.07, 6.45) is -0.350. The fourth-order valence-electron chi connectivity index (χ4n) is 4.87. The van der Waals surface area contributed by atoms with Gasteiger partial charge in [0.05, 0.1) is 31.8 Å². The first kappa shape index (κ1) is 32.7. The van der Waals surface area contributed by atoms with E-state index in [-0.39, 0.29) is 29.6 Å². The number of esters is 1. The molecule has 0 bridgehead atoms. The largest absolute Gasteiger partial charge is 0.493 e. The molecule has 9 nitrogen and oxygen atoms in total. The van der Waals surface area contributed by atoms with Crippen molar-refractivity contribution in [3.05, 3.63) is 23.8 Å². The second kappa shape index (κ2) is 14.7. The minimum absolute atomic E-state index is 0.0501. The fraction of sp³-hybridized carbons (Fsp3) is 0.733. The van der Waals surface area contributed by atoms with Crippen LogP contribution in [0.15, 0.2) is 18.2 Å². The van der Waals surface area contributed by atoms with E-state index in [9.17, 15) is 14.7 Å². The van der Waals surface area contributed by atoms with Gasteiger partial charge in [0, 0.05) is 20.1 Å². The lowest BCUT2D eigenvalue weighted by Gasteiger charge is -2.33. The van der Waals surface area contributed by atoms with Gasteiger partial charge in [0.1, 0.15) is 11.7 Å². The molecule has 222 valence electrons. The van der Waals surface area contributed by atoms with E-state index in [1.807, 2.05) is 33.8 Å². The molecule has 9 heteroatoms. The van der Waals surface area contributed by atoms with Crippen molar-refractivity contribution in [3.63, 3.8) is 0 Å². The highest BCUT2D eigenvalue weighted by Crippen LogP contribution is 2.39. The summed E-state index contributed by atoms with van der Waals surface area (Å²) in [6.45, 7) is 14.5. The van der Waals surface area contributed by atoms with Gasteiger partial charge in [0.15, 0.2) is 11.5 Å². The highest BCUT2D eigenvalue weighted by atomic mass is 16.6. The molecule has 1 unspecified atom stereocenters. The minimum Gasteiger partial charge on any atom is -0.493 e. The Labute approximate surface area is 233 Å².